The minimum absolute atomic E-state index is 0.175. The molecule has 0 radical (unpaired) electrons. The van der Waals surface area contributed by atoms with E-state index in [-0.39, 0.29) is 5.38 Å². The lowest BCUT2D eigenvalue weighted by Crippen LogP contribution is -1.98. The van der Waals surface area contributed by atoms with Gasteiger partial charge >= 0.3 is 0 Å². The molecule has 0 aliphatic heterocycles. The van der Waals surface area contributed by atoms with Crippen LogP contribution in [0.3, 0.4) is 0 Å². The van der Waals surface area contributed by atoms with Crippen molar-refractivity contribution in [2.75, 3.05) is 0 Å². The molecule has 0 N–H and O–H groups in total. The Morgan fingerprint density at radius 3 is 2.18 bits per heavy atom. The van der Waals surface area contributed by atoms with Crippen LogP contribution in [0, 0.1) is 5.92 Å². The maximum atomic E-state index is 6.47. The van der Waals surface area contributed by atoms with E-state index in [0.29, 0.717) is 0 Å². The quantitative estimate of drug-likeness (QED) is 0.584. The van der Waals surface area contributed by atoms with Crippen molar-refractivity contribution in [2.24, 2.45) is 5.92 Å². The molecule has 0 amide bonds. The Bertz CT molecular complexity index is 341. The lowest BCUT2D eigenvalue weighted by Gasteiger charge is -2.14. The average Bonchev–Trinajstić information content (AvgIpc) is 2.34. The van der Waals surface area contributed by atoms with Crippen LogP contribution in [0.15, 0.2) is 18.2 Å². The van der Waals surface area contributed by atoms with Gasteiger partial charge in [-0.15, -0.1) is 11.6 Å². The normalized spacial score (nSPS) is 13.1. The summed E-state index contributed by atoms with van der Waals surface area (Å²) < 4.78 is 0. The van der Waals surface area contributed by atoms with Crippen LogP contribution in [-0.4, -0.2) is 0 Å². The molecule has 0 fully saturated rings. The Balaban J connectivity index is 2.77. The van der Waals surface area contributed by atoms with Crippen LogP contribution in [0.2, 0.25) is 0 Å². The van der Waals surface area contributed by atoms with Crippen LogP contribution in [0.25, 0.3) is 0 Å². The van der Waals surface area contributed by atoms with Gasteiger partial charge in [-0.2, -0.15) is 0 Å². The van der Waals surface area contributed by atoms with Gasteiger partial charge in [0.1, 0.15) is 0 Å². The second-order valence-electron chi connectivity index (χ2n) is 5.17. The predicted molar refractivity (Wildman–Crippen MR) is 77.9 cm³/mol. The molecule has 0 spiro atoms. The van der Waals surface area contributed by atoms with Crippen LogP contribution in [0.5, 0.6) is 0 Å². The number of hydrogen-bond donors (Lipinski definition) is 0. The molecule has 1 heteroatoms. The summed E-state index contributed by atoms with van der Waals surface area (Å²) >= 11 is 6.47. The van der Waals surface area contributed by atoms with Crippen molar-refractivity contribution in [1.82, 2.24) is 0 Å². The summed E-state index contributed by atoms with van der Waals surface area (Å²) in [4.78, 5) is 0. The van der Waals surface area contributed by atoms with Gasteiger partial charge in [0.25, 0.3) is 0 Å². The maximum absolute atomic E-state index is 6.47. The molecular formula is C16H25Cl. The van der Waals surface area contributed by atoms with Gasteiger partial charge in [-0.1, -0.05) is 45.9 Å². The third kappa shape index (κ3) is 4.35. The SMILES string of the molecule is CCc1ccc(C(Cl)CCC(C)C)cc1CC. The molecule has 1 aromatic carbocycles. The fourth-order valence-corrected chi connectivity index (χ4v) is 2.42. The molecule has 0 saturated heterocycles. The highest BCUT2D eigenvalue weighted by Crippen LogP contribution is 2.29. The lowest BCUT2D eigenvalue weighted by molar-refractivity contribution is 0.549. The van der Waals surface area contributed by atoms with E-state index in [1.807, 2.05) is 0 Å². The van der Waals surface area contributed by atoms with Gasteiger partial charge in [-0.25, -0.2) is 0 Å². The van der Waals surface area contributed by atoms with E-state index in [1.54, 1.807) is 0 Å². The zero-order valence-corrected chi connectivity index (χ0v) is 12.3. The Kier molecular flexibility index (Phi) is 6.05. The minimum Gasteiger partial charge on any atom is -0.118 e. The zero-order chi connectivity index (χ0) is 12.8. The number of aryl methyl sites for hydroxylation is 2. The molecule has 0 aliphatic carbocycles. The van der Waals surface area contributed by atoms with E-state index in [4.69, 9.17) is 11.6 Å². The van der Waals surface area contributed by atoms with Gasteiger partial charge in [0.05, 0.1) is 5.38 Å². The fraction of sp³-hybridized carbons (Fsp3) is 0.625. The molecule has 0 saturated carbocycles. The summed E-state index contributed by atoms with van der Waals surface area (Å²) in [6.07, 6.45) is 4.49. The molecule has 1 aromatic rings. The Hall–Kier alpha value is -0.490. The summed E-state index contributed by atoms with van der Waals surface area (Å²) in [6.45, 7) is 8.93. The molecule has 0 heterocycles. The van der Waals surface area contributed by atoms with Crippen molar-refractivity contribution >= 4 is 11.6 Å². The highest BCUT2D eigenvalue weighted by atomic mass is 35.5. The van der Waals surface area contributed by atoms with E-state index in [0.717, 1.165) is 25.2 Å². The molecule has 0 aromatic heterocycles. The second-order valence-corrected chi connectivity index (χ2v) is 5.70. The van der Waals surface area contributed by atoms with Crippen LogP contribution in [-0.2, 0) is 12.8 Å². The highest BCUT2D eigenvalue weighted by molar-refractivity contribution is 6.20. The van der Waals surface area contributed by atoms with Crippen LogP contribution in [0.4, 0.5) is 0 Å². The first kappa shape index (κ1) is 14.6. The summed E-state index contributed by atoms with van der Waals surface area (Å²) in [6, 6.07) is 6.76. The number of alkyl halides is 1. The van der Waals surface area contributed by atoms with Crippen molar-refractivity contribution in [2.45, 2.75) is 58.8 Å². The predicted octanol–water partition coefficient (Wildman–Crippen LogP) is 5.53. The van der Waals surface area contributed by atoms with Gasteiger partial charge in [-0.3, -0.25) is 0 Å². The number of rotatable bonds is 6. The summed E-state index contributed by atoms with van der Waals surface area (Å²) in [5.41, 5.74) is 4.21. The molecule has 96 valence electrons. The summed E-state index contributed by atoms with van der Waals surface area (Å²) in [7, 11) is 0. The zero-order valence-electron chi connectivity index (χ0n) is 11.6. The molecule has 0 bridgehead atoms. The van der Waals surface area contributed by atoms with Gasteiger partial charge in [0, 0.05) is 0 Å². The van der Waals surface area contributed by atoms with E-state index in [1.165, 1.54) is 23.1 Å². The van der Waals surface area contributed by atoms with E-state index < -0.39 is 0 Å². The summed E-state index contributed by atoms with van der Waals surface area (Å²) in [5.74, 6) is 0.733. The summed E-state index contributed by atoms with van der Waals surface area (Å²) in [5, 5.41) is 0.175. The molecule has 0 aliphatic rings. The number of halogens is 1. The minimum atomic E-state index is 0.175. The fourth-order valence-electron chi connectivity index (χ4n) is 2.16. The van der Waals surface area contributed by atoms with Crippen molar-refractivity contribution in [3.63, 3.8) is 0 Å². The van der Waals surface area contributed by atoms with Gasteiger partial charge < -0.3 is 0 Å². The van der Waals surface area contributed by atoms with E-state index >= 15 is 0 Å². The van der Waals surface area contributed by atoms with E-state index in [2.05, 4.69) is 45.9 Å². The van der Waals surface area contributed by atoms with Crippen LogP contribution < -0.4 is 0 Å². The molecular weight excluding hydrogens is 228 g/mol. The van der Waals surface area contributed by atoms with Gasteiger partial charge in [-0.05, 0) is 48.3 Å². The first-order chi connectivity index (χ1) is 8.08. The molecule has 17 heavy (non-hydrogen) atoms. The Morgan fingerprint density at radius 1 is 1.00 bits per heavy atom. The van der Waals surface area contributed by atoms with Crippen molar-refractivity contribution in [1.29, 1.82) is 0 Å². The number of benzene rings is 1. The Labute approximate surface area is 111 Å². The van der Waals surface area contributed by atoms with E-state index in [9.17, 15) is 0 Å². The average molecular weight is 253 g/mol. The molecule has 1 atom stereocenters. The number of hydrogen-bond acceptors (Lipinski definition) is 0. The van der Waals surface area contributed by atoms with Gasteiger partial charge in [0.2, 0.25) is 0 Å². The maximum Gasteiger partial charge on any atom is 0.0585 e. The smallest absolute Gasteiger partial charge is 0.0585 e. The topological polar surface area (TPSA) is 0 Å². The largest absolute Gasteiger partial charge is 0.118 e. The van der Waals surface area contributed by atoms with Crippen LogP contribution >= 0.6 is 11.6 Å². The lowest BCUT2D eigenvalue weighted by atomic mass is 9.96. The molecule has 1 rings (SSSR count). The monoisotopic (exact) mass is 252 g/mol. The van der Waals surface area contributed by atoms with Gasteiger partial charge in [0.15, 0.2) is 0 Å². The van der Waals surface area contributed by atoms with Crippen molar-refractivity contribution in [3.05, 3.63) is 34.9 Å². The Morgan fingerprint density at radius 2 is 1.65 bits per heavy atom. The first-order valence-electron chi connectivity index (χ1n) is 6.84. The molecule has 1 unspecified atom stereocenters. The van der Waals surface area contributed by atoms with Crippen LogP contribution in [0.1, 0.15) is 62.6 Å². The third-order valence-corrected chi connectivity index (χ3v) is 3.82. The standard InChI is InChI=1S/C16H25Cl/c1-5-13-8-9-15(11-14(13)6-2)16(17)10-7-12(3)4/h8-9,11-12,16H,5-7,10H2,1-4H3. The van der Waals surface area contributed by atoms with Crippen molar-refractivity contribution < 1.29 is 0 Å². The third-order valence-electron chi connectivity index (χ3n) is 3.35. The highest BCUT2D eigenvalue weighted by Gasteiger charge is 2.10. The molecule has 0 nitrogen and oxygen atoms in total. The second kappa shape index (κ2) is 7.06. The first-order valence-corrected chi connectivity index (χ1v) is 7.27. The van der Waals surface area contributed by atoms with Crippen molar-refractivity contribution in [3.8, 4) is 0 Å².